The third kappa shape index (κ3) is 2.97. The number of aromatic nitrogens is 1. The zero-order chi connectivity index (χ0) is 14.9. The molecule has 0 saturated heterocycles. The first kappa shape index (κ1) is 13.8. The Balaban J connectivity index is 1.90. The van der Waals surface area contributed by atoms with Gasteiger partial charge in [0.25, 0.3) is 0 Å². The maximum absolute atomic E-state index is 12.5. The molecule has 1 nitrogen and oxygen atoms in total. The van der Waals surface area contributed by atoms with Gasteiger partial charge in [-0.15, -0.1) is 11.3 Å². The quantitative estimate of drug-likeness (QED) is 0.609. The summed E-state index contributed by atoms with van der Waals surface area (Å²) in [6.45, 7) is 0. The third-order valence-corrected chi connectivity index (χ3v) is 3.92. The molecule has 0 aliphatic rings. The molecule has 0 atom stereocenters. The number of nitrogens with zero attached hydrogens (tertiary/aromatic N) is 1. The molecule has 0 aliphatic heterocycles. The van der Waals surface area contributed by atoms with Gasteiger partial charge in [0.05, 0.1) is 11.3 Å². The first-order valence-electron chi connectivity index (χ1n) is 6.22. The average Bonchev–Trinajstić information content (AvgIpc) is 2.97. The van der Waals surface area contributed by atoms with Crippen molar-refractivity contribution in [1.29, 1.82) is 0 Å². The van der Waals surface area contributed by atoms with Crippen LogP contribution in [0.5, 0.6) is 0 Å². The highest BCUT2D eigenvalue weighted by Gasteiger charge is 2.30. The Morgan fingerprint density at radius 3 is 2.10 bits per heavy atom. The van der Waals surface area contributed by atoms with Crippen LogP contribution in [0.15, 0.2) is 60.0 Å². The van der Waals surface area contributed by atoms with E-state index >= 15 is 0 Å². The summed E-state index contributed by atoms with van der Waals surface area (Å²) in [5, 5.41) is 2.70. The number of halogens is 3. The number of alkyl halides is 3. The second-order valence-corrected chi connectivity index (χ2v) is 5.34. The Bertz CT molecular complexity index is 730. The fourth-order valence-electron chi connectivity index (χ4n) is 1.95. The van der Waals surface area contributed by atoms with E-state index in [4.69, 9.17) is 0 Å². The molecule has 0 amide bonds. The normalized spacial score (nSPS) is 11.6. The minimum absolute atomic E-state index is 0.648. The SMILES string of the molecule is FC(F)(F)c1ccc(-c2csc(-c3ccccc3)n2)cc1. The number of hydrogen-bond donors (Lipinski definition) is 0. The van der Waals surface area contributed by atoms with Crippen LogP contribution in [-0.2, 0) is 6.18 Å². The molecule has 0 N–H and O–H groups in total. The van der Waals surface area contributed by atoms with Crippen LogP contribution in [0.4, 0.5) is 13.2 Å². The molecule has 2 aromatic carbocycles. The molecule has 0 aliphatic carbocycles. The van der Waals surface area contributed by atoms with E-state index in [1.54, 1.807) is 0 Å². The maximum atomic E-state index is 12.5. The predicted molar refractivity (Wildman–Crippen MR) is 78.0 cm³/mol. The van der Waals surface area contributed by atoms with E-state index < -0.39 is 11.7 Å². The van der Waals surface area contributed by atoms with Gasteiger partial charge in [-0.3, -0.25) is 0 Å². The van der Waals surface area contributed by atoms with E-state index in [1.165, 1.54) is 23.5 Å². The highest BCUT2D eigenvalue weighted by molar-refractivity contribution is 7.13. The molecule has 3 aromatic rings. The average molecular weight is 305 g/mol. The number of benzene rings is 2. The standard InChI is InChI=1S/C16H10F3NS/c17-16(18,19)13-8-6-11(7-9-13)14-10-21-15(20-14)12-4-2-1-3-5-12/h1-10H. The van der Waals surface area contributed by atoms with Gasteiger partial charge in [-0.2, -0.15) is 13.2 Å². The maximum Gasteiger partial charge on any atom is 0.416 e. The van der Waals surface area contributed by atoms with E-state index in [-0.39, 0.29) is 0 Å². The summed E-state index contributed by atoms with van der Waals surface area (Å²) >= 11 is 1.47. The van der Waals surface area contributed by atoms with Crippen LogP contribution in [0.25, 0.3) is 21.8 Å². The lowest BCUT2D eigenvalue weighted by molar-refractivity contribution is -0.137. The molecular weight excluding hydrogens is 295 g/mol. The number of rotatable bonds is 2. The van der Waals surface area contributed by atoms with Gasteiger partial charge in [-0.05, 0) is 12.1 Å². The van der Waals surface area contributed by atoms with Crippen molar-refractivity contribution in [2.75, 3.05) is 0 Å². The van der Waals surface area contributed by atoms with Crippen molar-refractivity contribution in [3.8, 4) is 21.8 Å². The summed E-state index contributed by atoms with van der Waals surface area (Å²) in [6.07, 6.45) is -4.31. The molecule has 0 unspecified atom stereocenters. The largest absolute Gasteiger partial charge is 0.416 e. The van der Waals surface area contributed by atoms with Gasteiger partial charge in [0, 0.05) is 16.5 Å². The minimum Gasteiger partial charge on any atom is -0.236 e. The van der Waals surface area contributed by atoms with Crippen LogP contribution in [0.3, 0.4) is 0 Å². The molecule has 1 heterocycles. The Labute approximate surface area is 123 Å². The van der Waals surface area contributed by atoms with Gasteiger partial charge in [-0.25, -0.2) is 4.98 Å². The van der Waals surface area contributed by atoms with Gasteiger partial charge in [0.2, 0.25) is 0 Å². The summed E-state index contributed by atoms with van der Waals surface area (Å²) in [7, 11) is 0. The van der Waals surface area contributed by atoms with E-state index in [2.05, 4.69) is 4.98 Å². The van der Waals surface area contributed by atoms with Crippen molar-refractivity contribution in [2.24, 2.45) is 0 Å². The first-order chi connectivity index (χ1) is 10.0. The molecule has 1 aromatic heterocycles. The van der Waals surface area contributed by atoms with Gasteiger partial charge in [0.15, 0.2) is 0 Å². The molecule has 3 rings (SSSR count). The molecule has 106 valence electrons. The lowest BCUT2D eigenvalue weighted by Gasteiger charge is -2.06. The molecule has 0 saturated carbocycles. The summed E-state index contributed by atoms with van der Waals surface area (Å²) < 4.78 is 37.6. The smallest absolute Gasteiger partial charge is 0.236 e. The fourth-order valence-corrected chi connectivity index (χ4v) is 2.78. The highest BCUT2D eigenvalue weighted by Crippen LogP contribution is 2.32. The van der Waals surface area contributed by atoms with Crippen LogP contribution in [0, 0.1) is 0 Å². The van der Waals surface area contributed by atoms with Crippen molar-refractivity contribution >= 4 is 11.3 Å². The minimum atomic E-state index is -4.31. The molecule has 5 heteroatoms. The molecule has 21 heavy (non-hydrogen) atoms. The first-order valence-corrected chi connectivity index (χ1v) is 7.10. The molecule has 0 radical (unpaired) electrons. The van der Waals surface area contributed by atoms with Crippen molar-refractivity contribution in [1.82, 2.24) is 4.98 Å². The Morgan fingerprint density at radius 1 is 0.810 bits per heavy atom. The highest BCUT2D eigenvalue weighted by atomic mass is 32.1. The van der Waals surface area contributed by atoms with Crippen molar-refractivity contribution < 1.29 is 13.2 Å². The van der Waals surface area contributed by atoms with Crippen molar-refractivity contribution in [3.63, 3.8) is 0 Å². The van der Waals surface area contributed by atoms with Crippen LogP contribution in [-0.4, -0.2) is 4.98 Å². The van der Waals surface area contributed by atoms with Crippen LogP contribution < -0.4 is 0 Å². The fraction of sp³-hybridized carbons (Fsp3) is 0.0625. The zero-order valence-electron chi connectivity index (χ0n) is 10.8. The van der Waals surface area contributed by atoms with Gasteiger partial charge in [0.1, 0.15) is 5.01 Å². The van der Waals surface area contributed by atoms with Crippen molar-refractivity contribution in [2.45, 2.75) is 6.18 Å². The van der Waals surface area contributed by atoms with Gasteiger partial charge < -0.3 is 0 Å². The third-order valence-electron chi connectivity index (χ3n) is 3.03. The van der Waals surface area contributed by atoms with Gasteiger partial charge in [-0.1, -0.05) is 42.5 Å². The summed E-state index contributed by atoms with van der Waals surface area (Å²) in [6, 6.07) is 14.7. The predicted octanol–water partition coefficient (Wildman–Crippen LogP) is 5.50. The van der Waals surface area contributed by atoms with Crippen LogP contribution in [0.1, 0.15) is 5.56 Å². The summed E-state index contributed by atoms with van der Waals surface area (Å²) in [4.78, 5) is 4.48. The van der Waals surface area contributed by atoms with E-state index in [9.17, 15) is 13.2 Å². The second kappa shape index (κ2) is 5.33. The lowest BCUT2D eigenvalue weighted by Crippen LogP contribution is -2.03. The zero-order valence-corrected chi connectivity index (χ0v) is 11.6. The molecule has 0 fully saturated rings. The molecule has 0 bridgehead atoms. The summed E-state index contributed by atoms with van der Waals surface area (Å²) in [5.74, 6) is 0. The Hall–Kier alpha value is -2.14. The molecular formula is C16H10F3NS. The monoisotopic (exact) mass is 305 g/mol. The topological polar surface area (TPSA) is 12.9 Å². The molecule has 0 spiro atoms. The van der Waals surface area contributed by atoms with Crippen LogP contribution in [0.2, 0.25) is 0 Å². The van der Waals surface area contributed by atoms with E-state index in [0.717, 1.165) is 22.7 Å². The van der Waals surface area contributed by atoms with E-state index in [0.29, 0.717) is 11.3 Å². The van der Waals surface area contributed by atoms with Crippen LogP contribution >= 0.6 is 11.3 Å². The lowest BCUT2D eigenvalue weighted by atomic mass is 10.1. The number of thiazole rings is 1. The Morgan fingerprint density at radius 2 is 1.48 bits per heavy atom. The van der Waals surface area contributed by atoms with Crippen molar-refractivity contribution in [3.05, 3.63) is 65.5 Å². The summed E-state index contributed by atoms with van der Waals surface area (Å²) in [5.41, 5.74) is 1.72. The van der Waals surface area contributed by atoms with Gasteiger partial charge >= 0.3 is 6.18 Å². The Kier molecular flexibility index (Phi) is 3.51. The number of hydrogen-bond acceptors (Lipinski definition) is 2. The van der Waals surface area contributed by atoms with E-state index in [1.807, 2.05) is 35.7 Å². The second-order valence-electron chi connectivity index (χ2n) is 4.48.